The molecule has 0 aliphatic rings. The lowest BCUT2D eigenvalue weighted by atomic mass is 10.1. The third-order valence-electron chi connectivity index (χ3n) is 3.13. The molecule has 0 bridgehead atoms. The van der Waals surface area contributed by atoms with Gasteiger partial charge in [0.25, 0.3) is 5.91 Å². The Kier molecular flexibility index (Phi) is 7.00. The van der Waals surface area contributed by atoms with Crippen molar-refractivity contribution >= 4 is 37.8 Å². The van der Waals surface area contributed by atoms with Gasteiger partial charge in [0.15, 0.2) is 0 Å². The van der Waals surface area contributed by atoms with E-state index in [0.717, 1.165) is 12.8 Å². The minimum absolute atomic E-state index is 0.125. The fourth-order valence-electron chi connectivity index (χ4n) is 2.09. The zero-order valence-corrected chi connectivity index (χ0v) is 14.3. The Bertz CT molecular complexity index is 435. The van der Waals surface area contributed by atoms with Gasteiger partial charge in [-0.25, -0.2) is 4.39 Å². The zero-order chi connectivity index (χ0) is 14.4. The monoisotopic (exact) mass is 393 g/mol. The average Bonchev–Trinajstić information content (AvgIpc) is 2.41. The molecule has 1 aromatic carbocycles. The molecule has 0 aliphatic carbocycles. The summed E-state index contributed by atoms with van der Waals surface area (Å²) in [4.78, 5) is 14.4. The van der Waals surface area contributed by atoms with E-state index in [-0.39, 0.29) is 11.9 Å². The quantitative estimate of drug-likeness (QED) is 0.645. The normalized spacial score (nSPS) is 10.8. The summed E-state index contributed by atoms with van der Waals surface area (Å²) in [6.45, 7) is 4.74. The van der Waals surface area contributed by atoms with Crippen LogP contribution in [0.15, 0.2) is 22.7 Å². The van der Waals surface area contributed by atoms with E-state index < -0.39 is 5.82 Å². The van der Waals surface area contributed by atoms with E-state index in [9.17, 15) is 9.18 Å². The second-order valence-corrected chi connectivity index (χ2v) is 5.93. The first-order valence-electron chi connectivity index (χ1n) is 6.37. The van der Waals surface area contributed by atoms with Crippen molar-refractivity contribution in [2.45, 2.75) is 32.7 Å². The van der Waals surface area contributed by atoms with Gasteiger partial charge in [-0.05, 0) is 47.0 Å². The Morgan fingerprint density at radius 1 is 1.37 bits per heavy atom. The topological polar surface area (TPSA) is 20.3 Å². The first-order valence-corrected chi connectivity index (χ1v) is 8.28. The Balaban J connectivity index is 3.08. The number of nitrogens with zero attached hydrogens (tertiary/aromatic N) is 1. The van der Waals surface area contributed by atoms with Crippen LogP contribution >= 0.6 is 31.9 Å². The number of halogens is 3. The van der Waals surface area contributed by atoms with Crippen LogP contribution in [-0.2, 0) is 0 Å². The molecule has 0 atom stereocenters. The van der Waals surface area contributed by atoms with Gasteiger partial charge < -0.3 is 4.90 Å². The number of carbonyl (C=O) groups excluding carboxylic acids is 1. The van der Waals surface area contributed by atoms with Crippen LogP contribution in [0.1, 0.15) is 37.0 Å². The van der Waals surface area contributed by atoms with E-state index in [1.807, 2.05) is 4.90 Å². The highest BCUT2D eigenvalue weighted by Gasteiger charge is 2.23. The first kappa shape index (κ1) is 16.6. The summed E-state index contributed by atoms with van der Waals surface area (Å²) in [5.74, 6) is -0.519. The molecule has 0 aliphatic heterocycles. The van der Waals surface area contributed by atoms with E-state index in [1.54, 1.807) is 6.07 Å². The van der Waals surface area contributed by atoms with Gasteiger partial charge >= 0.3 is 0 Å². The van der Waals surface area contributed by atoms with Gasteiger partial charge in [0, 0.05) is 22.4 Å². The molecule has 5 heteroatoms. The maximum absolute atomic E-state index is 13.3. The van der Waals surface area contributed by atoms with Crippen molar-refractivity contribution in [3.8, 4) is 0 Å². The summed E-state index contributed by atoms with van der Waals surface area (Å²) < 4.78 is 13.9. The van der Waals surface area contributed by atoms with Crippen LogP contribution < -0.4 is 0 Å². The molecule has 0 fully saturated rings. The molecule has 0 radical (unpaired) electrons. The van der Waals surface area contributed by atoms with Crippen molar-refractivity contribution in [3.63, 3.8) is 0 Å². The molecule has 0 N–H and O–H groups in total. The summed E-state index contributed by atoms with van der Waals surface area (Å²) >= 11 is 6.69. The van der Waals surface area contributed by atoms with Gasteiger partial charge in [-0.15, -0.1) is 0 Å². The number of alkyl halides is 1. The van der Waals surface area contributed by atoms with Crippen molar-refractivity contribution < 1.29 is 9.18 Å². The van der Waals surface area contributed by atoms with Gasteiger partial charge in [-0.3, -0.25) is 4.79 Å². The molecule has 1 aromatic rings. The molecule has 106 valence electrons. The number of benzene rings is 1. The molecule has 19 heavy (non-hydrogen) atoms. The van der Waals surface area contributed by atoms with Crippen LogP contribution in [0.5, 0.6) is 0 Å². The standard InChI is InChI=1S/C14H18Br2FNO/c1-3-11(4-2)18(8-7-15)14(19)12-9-10(17)5-6-13(12)16/h5-6,9,11H,3-4,7-8H2,1-2H3. The first-order chi connectivity index (χ1) is 9.04. The van der Waals surface area contributed by atoms with E-state index in [2.05, 4.69) is 45.7 Å². The van der Waals surface area contributed by atoms with E-state index in [1.165, 1.54) is 12.1 Å². The van der Waals surface area contributed by atoms with Gasteiger partial charge in [0.05, 0.1) is 5.56 Å². The molecular formula is C14H18Br2FNO. The highest BCUT2D eigenvalue weighted by atomic mass is 79.9. The van der Waals surface area contributed by atoms with E-state index in [4.69, 9.17) is 0 Å². The Morgan fingerprint density at radius 2 is 2.00 bits per heavy atom. The smallest absolute Gasteiger partial charge is 0.255 e. The molecule has 2 nitrogen and oxygen atoms in total. The molecule has 0 heterocycles. The molecule has 0 aromatic heterocycles. The number of hydrogen-bond acceptors (Lipinski definition) is 1. The van der Waals surface area contributed by atoms with Crippen LogP contribution in [0, 0.1) is 5.82 Å². The van der Waals surface area contributed by atoms with Gasteiger partial charge in [0.2, 0.25) is 0 Å². The molecular weight excluding hydrogens is 377 g/mol. The zero-order valence-electron chi connectivity index (χ0n) is 11.1. The minimum atomic E-state index is -0.394. The summed E-state index contributed by atoms with van der Waals surface area (Å²) in [6.07, 6.45) is 1.78. The molecule has 0 unspecified atom stereocenters. The second-order valence-electron chi connectivity index (χ2n) is 4.28. The lowest BCUT2D eigenvalue weighted by molar-refractivity contribution is 0.0681. The fraction of sp³-hybridized carbons (Fsp3) is 0.500. The Hall–Kier alpha value is -0.420. The summed E-state index contributed by atoms with van der Waals surface area (Å²) in [5, 5.41) is 0.710. The van der Waals surface area contributed by atoms with Crippen molar-refractivity contribution in [1.29, 1.82) is 0 Å². The Labute approximate surface area is 130 Å². The highest BCUT2D eigenvalue weighted by Crippen LogP contribution is 2.22. The number of hydrogen-bond donors (Lipinski definition) is 0. The predicted molar refractivity (Wildman–Crippen MR) is 83.3 cm³/mol. The highest BCUT2D eigenvalue weighted by molar-refractivity contribution is 9.10. The largest absolute Gasteiger partial charge is 0.335 e. The van der Waals surface area contributed by atoms with Crippen molar-refractivity contribution in [2.24, 2.45) is 0 Å². The van der Waals surface area contributed by atoms with Gasteiger partial charge in [-0.1, -0.05) is 29.8 Å². The van der Waals surface area contributed by atoms with Crippen molar-refractivity contribution in [1.82, 2.24) is 4.90 Å². The molecule has 0 saturated heterocycles. The van der Waals surface area contributed by atoms with E-state index >= 15 is 0 Å². The second kappa shape index (κ2) is 8.00. The number of rotatable bonds is 6. The lowest BCUT2D eigenvalue weighted by Crippen LogP contribution is -2.41. The molecule has 0 spiro atoms. The minimum Gasteiger partial charge on any atom is -0.335 e. The van der Waals surface area contributed by atoms with Crippen LogP contribution in [0.25, 0.3) is 0 Å². The lowest BCUT2D eigenvalue weighted by Gasteiger charge is -2.30. The fourth-order valence-corrected chi connectivity index (χ4v) is 2.88. The predicted octanol–water partition coefficient (Wildman–Crippen LogP) is 4.61. The number of amides is 1. The maximum atomic E-state index is 13.3. The van der Waals surface area contributed by atoms with Crippen LogP contribution in [0.4, 0.5) is 4.39 Å². The Morgan fingerprint density at radius 3 is 2.53 bits per heavy atom. The van der Waals surface area contributed by atoms with Crippen LogP contribution in [0.2, 0.25) is 0 Å². The van der Waals surface area contributed by atoms with Crippen LogP contribution in [-0.4, -0.2) is 28.7 Å². The number of carbonyl (C=O) groups is 1. The van der Waals surface area contributed by atoms with E-state index in [0.29, 0.717) is 21.9 Å². The van der Waals surface area contributed by atoms with Crippen molar-refractivity contribution in [2.75, 3.05) is 11.9 Å². The molecule has 0 saturated carbocycles. The third kappa shape index (κ3) is 4.28. The third-order valence-corrected chi connectivity index (χ3v) is 4.17. The van der Waals surface area contributed by atoms with Gasteiger partial charge in [-0.2, -0.15) is 0 Å². The SMILES string of the molecule is CCC(CC)N(CCBr)C(=O)c1cc(F)ccc1Br. The van der Waals surface area contributed by atoms with Crippen molar-refractivity contribution in [3.05, 3.63) is 34.1 Å². The average molecular weight is 395 g/mol. The summed E-state index contributed by atoms with van der Waals surface area (Å²) in [5.41, 5.74) is 0.382. The summed E-state index contributed by atoms with van der Waals surface area (Å²) in [7, 11) is 0. The van der Waals surface area contributed by atoms with Crippen LogP contribution in [0.3, 0.4) is 0 Å². The molecule has 1 rings (SSSR count). The molecule has 1 amide bonds. The van der Waals surface area contributed by atoms with Gasteiger partial charge in [0.1, 0.15) is 5.82 Å². The maximum Gasteiger partial charge on any atom is 0.255 e. The summed E-state index contributed by atoms with van der Waals surface area (Å²) in [6, 6.07) is 4.38.